The first-order valence-corrected chi connectivity index (χ1v) is 12.9. The minimum absolute atomic E-state index is 0.108. The second-order valence-corrected chi connectivity index (χ2v) is 10.4. The van der Waals surface area contributed by atoms with E-state index in [1.54, 1.807) is 0 Å². The van der Waals surface area contributed by atoms with Crippen molar-refractivity contribution in [2.45, 2.75) is 56.8 Å². The largest absolute Gasteiger partial charge is 0.405 e. The number of amides is 2. The van der Waals surface area contributed by atoms with Crippen LogP contribution < -0.4 is 5.32 Å². The molecule has 2 aliphatic heterocycles. The van der Waals surface area contributed by atoms with Crippen molar-refractivity contribution in [3.63, 3.8) is 0 Å². The number of nitrogens with zero attached hydrogens (tertiary/aromatic N) is 2. The van der Waals surface area contributed by atoms with E-state index in [0.29, 0.717) is 19.4 Å². The summed E-state index contributed by atoms with van der Waals surface area (Å²) in [7, 11) is 0. The van der Waals surface area contributed by atoms with Crippen molar-refractivity contribution in [3.05, 3.63) is 76.4 Å². The van der Waals surface area contributed by atoms with Crippen molar-refractivity contribution in [3.8, 4) is 0 Å². The van der Waals surface area contributed by atoms with E-state index in [1.807, 2.05) is 66.4 Å². The van der Waals surface area contributed by atoms with E-state index in [9.17, 15) is 22.8 Å². The number of alkyl halides is 3. The summed E-state index contributed by atoms with van der Waals surface area (Å²) in [5, 5.41) is 2.15. The zero-order chi connectivity index (χ0) is 26.2. The molecular weight excluding hydrogens is 479 g/mol. The highest BCUT2D eigenvalue weighted by molar-refractivity contribution is 5.98. The van der Waals surface area contributed by atoms with E-state index in [2.05, 4.69) is 10.2 Å². The zero-order valence-electron chi connectivity index (χ0n) is 21.0. The van der Waals surface area contributed by atoms with Crippen molar-refractivity contribution >= 4 is 17.9 Å². The number of carbonyl (C=O) groups is 2. The zero-order valence-corrected chi connectivity index (χ0v) is 21.0. The van der Waals surface area contributed by atoms with Crippen molar-refractivity contribution in [2.24, 2.45) is 0 Å². The summed E-state index contributed by atoms with van der Waals surface area (Å²) in [6.07, 6.45) is 0.362. The quantitative estimate of drug-likeness (QED) is 0.512. The molecule has 5 nitrogen and oxygen atoms in total. The van der Waals surface area contributed by atoms with Crippen LogP contribution in [0.25, 0.3) is 6.08 Å². The van der Waals surface area contributed by atoms with Crippen LogP contribution in [0.5, 0.6) is 0 Å². The topological polar surface area (TPSA) is 52.7 Å². The Morgan fingerprint density at radius 3 is 2.65 bits per heavy atom. The average Bonchev–Trinajstić information content (AvgIpc) is 3.55. The van der Waals surface area contributed by atoms with Gasteiger partial charge in [-0.3, -0.25) is 9.59 Å². The third-order valence-corrected chi connectivity index (χ3v) is 8.12. The van der Waals surface area contributed by atoms with Gasteiger partial charge in [-0.1, -0.05) is 60.5 Å². The number of rotatable bonds is 8. The Morgan fingerprint density at radius 2 is 1.86 bits per heavy atom. The molecule has 1 N–H and O–H groups in total. The van der Waals surface area contributed by atoms with Gasteiger partial charge in [0.25, 0.3) is 5.91 Å². The van der Waals surface area contributed by atoms with Crippen LogP contribution in [0.15, 0.2) is 54.1 Å². The van der Waals surface area contributed by atoms with Gasteiger partial charge >= 0.3 is 6.18 Å². The van der Waals surface area contributed by atoms with E-state index in [4.69, 9.17) is 0 Å². The molecule has 0 spiro atoms. The number of carbonyl (C=O) groups excluding carboxylic acids is 2. The summed E-state index contributed by atoms with van der Waals surface area (Å²) < 4.78 is 38.7. The fourth-order valence-corrected chi connectivity index (χ4v) is 6.23. The average molecular weight is 512 g/mol. The van der Waals surface area contributed by atoms with E-state index in [-0.39, 0.29) is 11.9 Å². The fourth-order valence-electron chi connectivity index (χ4n) is 6.23. The van der Waals surface area contributed by atoms with Gasteiger partial charge in [-0.25, -0.2) is 0 Å². The second kappa shape index (κ2) is 9.97. The summed E-state index contributed by atoms with van der Waals surface area (Å²) in [5.41, 5.74) is 3.25. The van der Waals surface area contributed by atoms with Crippen molar-refractivity contribution in [1.29, 1.82) is 0 Å². The third-order valence-electron chi connectivity index (χ3n) is 8.12. The van der Waals surface area contributed by atoms with Crippen LogP contribution in [0.2, 0.25) is 0 Å². The molecule has 3 aliphatic rings. The van der Waals surface area contributed by atoms with Gasteiger partial charge < -0.3 is 15.1 Å². The van der Waals surface area contributed by atoms with Gasteiger partial charge in [0, 0.05) is 31.2 Å². The van der Waals surface area contributed by atoms with Crippen LogP contribution in [-0.2, 0) is 16.8 Å². The number of unbranched alkanes of at least 4 members (excludes halogenated alkanes) is 1. The summed E-state index contributed by atoms with van der Waals surface area (Å²) in [4.78, 5) is 30.4. The van der Waals surface area contributed by atoms with Gasteiger partial charge in [0.05, 0.1) is 5.41 Å². The highest BCUT2D eigenvalue weighted by atomic mass is 19.4. The SMILES string of the molecule is CC1=Cc2ccccc2C1(CCCCN1CCC(N2Cc3ccccc3C2=O)C1)C(=O)NCC(F)(F)F. The Morgan fingerprint density at radius 1 is 1.11 bits per heavy atom. The Hall–Kier alpha value is -3.13. The third kappa shape index (κ3) is 4.91. The molecule has 2 atom stereocenters. The van der Waals surface area contributed by atoms with Crippen molar-refractivity contribution in [2.75, 3.05) is 26.2 Å². The van der Waals surface area contributed by atoms with Crippen molar-refractivity contribution < 1.29 is 22.8 Å². The monoisotopic (exact) mass is 511 g/mol. The van der Waals surface area contributed by atoms with Gasteiger partial charge in [-0.05, 0) is 55.5 Å². The molecule has 37 heavy (non-hydrogen) atoms. The Labute approximate surface area is 215 Å². The molecule has 0 saturated carbocycles. The van der Waals surface area contributed by atoms with Crippen LogP contribution in [-0.4, -0.2) is 60.0 Å². The number of halogens is 3. The molecule has 1 aliphatic carbocycles. The summed E-state index contributed by atoms with van der Waals surface area (Å²) >= 11 is 0. The van der Waals surface area contributed by atoms with E-state index >= 15 is 0 Å². The molecule has 2 unspecified atom stereocenters. The van der Waals surface area contributed by atoms with Crippen LogP contribution in [0.4, 0.5) is 13.2 Å². The van der Waals surface area contributed by atoms with E-state index < -0.39 is 24.0 Å². The lowest BCUT2D eigenvalue weighted by Gasteiger charge is -2.32. The molecule has 0 radical (unpaired) electrons. The molecule has 196 valence electrons. The minimum Gasteiger partial charge on any atom is -0.346 e. The van der Waals surface area contributed by atoms with Gasteiger partial charge in [-0.2, -0.15) is 13.2 Å². The molecule has 8 heteroatoms. The van der Waals surface area contributed by atoms with E-state index in [0.717, 1.165) is 60.3 Å². The predicted octanol–water partition coefficient (Wildman–Crippen LogP) is 4.92. The molecule has 0 aromatic heterocycles. The van der Waals surface area contributed by atoms with Crippen LogP contribution in [0.3, 0.4) is 0 Å². The molecule has 0 bridgehead atoms. The molecule has 2 aromatic carbocycles. The lowest BCUT2D eigenvalue weighted by atomic mass is 9.73. The van der Waals surface area contributed by atoms with Gasteiger partial charge in [-0.15, -0.1) is 0 Å². The number of fused-ring (bicyclic) bond motifs is 2. The summed E-state index contributed by atoms with van der Waals surface area (Å²) in [5.74, 6) is -0.478. The van der Waals surface area contributed by atoms with Crippen molar-refractivity contribution in [1.82, 2.24) is 15.1 Å². The Bertz CT molecular complexity index is 1220. The van der Waals surface area contributed by atoms with Crippen LogP contribution in [0, 0.1) is 0 Å². The fraction of sp³-hybridized carbons (Fsp3) is 0.448. The lowest BCUT2D eigenvalue weighted by molar-refractivity contribution is -0.141. The smallest absolute Gasteiger partial charge is 0.346 e. The normalized spacial score (nSPS) is 23.2. The van der Waals surface area contributed by atoms with E-state index in [1.165, 1.54) is 0 Å². The minimum atomic E-state index is -4.46. The van der Waals surface area contributed by atoms with Gasteiger partial charge in [0.1, 0.15) is 6.54 Å². The van der Waals surface area contributed by atoms with Crippen LogP contribution in [0.1, 0.15) is 59.7 Å². The number of hydrogen-bond donors (Lipinski definition) is 1. The summed E-state index contributed by atoms with van der Waals surface area (Å²) in [6, 6.07) is 15.4. The molecule has 1 saturated heterocycles. The molecule has 2 aromatic rings. The maximum atomic E-state index is 13.3. The van der Waals surface area contributed by atoms with Crippen LogP contribution >= 0.6 is 0 Å². The first-order valence-electron chi connectivity index (χ1n) is 12.9. The molecule has 1 fully saturated rings. The number of benzene rings is 2. The van der Waals surface area contributed by atoms with Gasteiger partial charge in [0.2, 0.25) is 5.91 Å². The molecule has 5 rings (SSSR count). The molecule has 2 heterocycles. The number of nitrogens with one attached hydrogen (secondary N) is 1. The first-order chi connectivity index (χ1) is 17.7. The summed E-state index contributed by atoms with van der Waals surface area (Å²) in [6.45, 7) is 3.72. The maximum absolute atomic E-state index is 13.3. The Kier molecular flexibility index (Phi) is 6.88. The lowest BCUT2D eigenvalue weighted by Crippen LogP contribution is -2.47. The highest BCUT2D eigenvalue weighted by Crippen LogP contribution is 2.45. The molecular formula is C29H32F3N3O2. The second-order valence-electron chi connectivity index (χ2n) is 10.4. The highest BCUT2D eigenvalue weighted by Gasteiger charge is 2.46. The number of hydrogen-bond acceptors (Lipinski definition) is 3. The maximum Gasteiger partial charge on any atom is 0.405 e. The standard InChI is InChI=1S/C29H32F3N3O2/c1-20-16-21-8-3-5-11-25(21)28(20,27(37)33-19-29(30,31)32)13-6-7-14-34-15-12-23(18-34)35-17-22-9-2-4-10-24(22)26(35)36/h2-5,8-11,16,23H,6-7,12-15,17-19H2,1H3,(H,33,37). The predicted molar refractivity (Wildman–Crippen MR) is 136 cm³/mol. The van der Waals surface area contributed by atoms with Gasteiger partial charge in [0.15, 0.2) is 0 Å². The first kappa shape index (κ1) is 25.5. The molecule has 2 amide bonds. The Balaban J connectivity index is 1.19. The number of likely N-dealkylation sites (tertiary alicyclic amines) is 1.